The zero-order chi connectivity index (χ0) is 11.9. The van der Waals surface area contributed by atoms with Crippen molar-refractivity contribution < 1.29 is 0 Å². The molecule has 0 atom stereocenters. The molecule has 0 saturated carbocycles. The minimum absolute atomic E-state index is 0.940. The summed E-state index contributed by atoms with van der Waals surface area (Å²) in [6, 6.07) is 12.2. The minimum atomic E-state index is 0.940. The first-order chi connectivity index (χ1) is 8.36. The summed E-state index contributed by atoms with van der Waals surface area (Å²) in [6.45, 7) is 0.940. The predicted octanol–water partition coefficient (Wildman–Crippen LogP) is 4.05. The highest BCUT2D eigenvalue weighted by molar-refractivity contribution is 9.10. The van der Waals surface area contributed by atoms with Gasteiger partial charge >= 0.3 is 0 Å². The van der Waals surface area contributed by atoms with E-state index in [2.05, 4.69) is 32.3 Å². The lowest BCUT2D eigenvalue weighted by Gasteiger charge is -2.07. The Labute approximate surface area is 114 Å². The molecule has 0 radical (unpaired) electrons. The van der Waals surface area contributed by atoms with Gasteiger partial charge in [-0.15, -0.1) is 11.8 Å². The van der Waals surface area contributed by atoms with Crippen molar-refractivity contribution in [1.82, 2.24) is 4.98 Å². The van der Waals surface area contributed by atoms with Crippen molar-refractivity contribution in [1.29, 1.82) is 0 Å². The molecule has 0 amide bonds. The van der Waals surface area contributed by atoms with Gasteiger partial charge in [0.1, 0.15) is 0 Å². The number of hydrogen-bond donors (Lipinski definition) is 1. The number of rotatable bonds is 5. The minimum Gasteiger partial charge on any atom is -0.383 e. The highest BCUT2D eigenvalue weighted by Crippen LogP contribution is 2.21. The van der Waals surface area contributed by atoms with Gasteiger partial charge in [-0.05, 0) is 40.2 Å². The van der Waals surface area contributed by atoms with Crippen LogP contribution in [-0.2, 0) is 0 Å². The van der Waals surface area contributed by atoms with E-state index < -0.39 is 0 Å². The molecule has 0 aliphatic carbocycles. The van der Waals surface area contributed by atoms with Crippen LogP contribution in [0.1, 0.15) is 0 Å². The van der Waals surface area contributed by atoms with E-state index in [-0.39, 0.29) is 0 Å². The number of thioether (sulfide) groups is 1. The van der Waals surface area contributed by atoms with Crippen LogP contribution in [0.2, 0.25) is 0 Å². The number of anilines is 1. The molecule has 2 aromatic rings. The van der Waals surface area contributed by atoms with Gasteiger partial charge in [-0.25, -0.2) is 0 Å². The van der Waals surface area contributed by atoms with Gasteiger partial charge in [0.15, 0.2) is 0 Å². The summed E-state index contributed by atoms with van der Waals surface area (Å²) in [5, 5.41) is 3.40. The van der Waals surface area contributed by atoms with Crippen LogP contribution in [0.4, 0.5) is 5.69 Å². The first kappa shape index (κ1) is 12.5. The second kappa shape index (κ2) is 6.67. The first-order valence-electron chi connectivity index (χ1n) is 5.37. The SMILES string of the molecule is Brc1ccccc1NCCSc1ccncc1. The molecule has 0 spiro atoms. The van der Waals surface area contributed by atoms with Gasteiger partial charge in [0, 0.05) is 39.7 Å². The average Bonchev–Trinajstić information content (AvgIpc) is 2.38. The third-order valence-electron chi connectivity index (χ3n) is 2.21. The van der Waals surface area contributed by atoms with E-state index in [0.717, 1.165) is 22.5 Å². The van der Waals surface area contributed by atoms with E-state index in [4.69, 9.17) is 0 Å². The molecule has 0 fully saturated rings. The fraction of sp³-hybridized carbons (Fsp3) is 0.154. The normalized spacial score (nSPS) is 10.2. The third-order valence-corrected chi connectivity index (χ3v) is 3.92. The monoisotopic (exact) mass is 308 g/mol. The molecule has 1 heterocycles. The summed E-state index contributed by atoms with van der Waals surface area (Å²) in [5.74, 6) is 1.03. The molecule has 0 aliphatic rings. The quantitative estimate of drug-likeness (QED) is 0.666. The van der Waals surface area contributed by atoms with Crippen molar-refractivity contribution in [3.05, 3.63) is 53.3 Å². The largest absolute Gasteiger partial charge is 0.383 e. The number of nitrogens with one attached hydrogen (secondary N) is 1. The van der Waals surface area contributed by atoms with Crippen molar-refractivity contribution in [2.75, 3.05) is 17.6 Å². The van der Waals surface area contributed by atoms with E-state index in [1.807, 2.05) is 54.5 Å². The van der Waals surface area contributed by atoms with Gasteiger partial charge in [-0.3, -0.25) is 4.98 Å². The Morgan fingerprint density at radius 2 is 1.88 bits per heavy atom. The Morgan fingerprint density at radius 3 is 2.65 bits per heavy atom. The van der Waals surface area contributed by atoms with Crippen molar-refractivity contribution >= 4 is 33.4 Å². The van der Waals surface area contributed by atoms with Crippen LogP contribution in [0.5, 0.6) is 0 Å². The van der Waals surface area contributed by atoms with Crippen molar-refractivity contribution in [3.63, 3.8) is 0 Å². The molecular weight excluding hydrogens is 296 g/mol. The average molecular weight is 309 g/mol. The Hall–Kier alpha value is -1.00. The van der Waals surface area contributed by atoms with E-state index in [1.54, 1.807) is 0 Å². The summed E-state index contributed by atoms with van der Waals surface area (Å²) in [4.78, 5) is 5.26. The standard InChI is InChI=1S/C13H13BrN2S/c14-12-3-1-2-4-13(12)16-9-10-17-11-5-7-15-8-6-11/h1-8,16H,9-10H2. The fourth-order valence-electron chi connectivity index (χ4n) is 1.39. The number of nitrogens with zero attached hydrogens (tertiary/aromatic N) is 1. The number of para-hydroxylation sites is 1. The van der Waals surface area contributed by atoms with Crippen molar-refractivity contribution in [3.8, 4) is 0 Å². The van der Waals surface area contributed by atoms with Crippen LogP contribution in [0.25, 0.3) is 0 Å². The van der Waals surface area contributed by atoms with E-state index in [0.29, 0.717) is 0 Å². The molecule has 0 aliphatic heterocycles. The Kier molecular flexibility index (Phi) is 4.88. The molecule has 0 unspecified atom stereocenters. The molecule has 2 rings (SSSR count). The Balaban J connectivity index is 1.76. The number of benzene rings is 1. The van der Waals surface area contributed by atoms with Crippen molar-refractivity contribution in [2.45, 2.75) is 4.90 Å². The zero-order valence-corrected chi connectivity index (χ0v) is 11.7. The summed E-state index contributed by atoms with van der Waals surface area (Å²) >= 11 is 5.34. The lowest BCUT2D eigenvalue weighted by atomic mass is 10.3. The summed E-state index contributed by atoms with van der Waals surface area (Å²) in [6.07, 6.45) is 3.65. The lowest BCUT2D eigenvalue weighted by Crippen LogP contribution is -2.04. The molecule has 1 aromatic carbocycles. The number of halogens is 1. The van der Waals surface area contributed by atoms with Gasteiger partial charge in [-0.2, -0.15) is 0 Å². The van der Waals surface area contributed by atoms with E-state index >= 15 is 0 Å². The van der Waals surface area contributed by atoms with Gasteiger partial charge < -0.3 is 5.32 Å². The summed E-state index contributed by atoms with van der Waals surface area (Å²) in [7, 11) is 0. The number of hydrogen-bond acceptors (Lipinski definition) is 3. The van der Waals surface area contributed by atoms with Crippen molar-refractivity contribution in [2.24, 2.45) is 0 Å². The maximum atomic E-state index is 4.00. The number of pyridine rings is 1. The van der Waals surface area contributed by atoms with Crippen LogP contribution in [0.15, 0.2) is 58.2 Å². The Bertz CT molecular complexity index is 462. The molecular formula is C13H13BrN2S. The zero-order valence-electron chi connectivity index (χ0n) is 9.27. The Morgan fingerprint density at radius 1 is 1.12 bits per heavy atom. The summed E-state index contributed by atoms with van der Waals surface area (Å²) in [5.41, 5.74) is 1.14. The maximum Gasteiger partial charge on any atom is 0.0484 e. The van der Waals surface area contributed by atoms with Gasteiger partial charge in [-0.1, -0.05) is 12.1 Å². The second-order valence-corrected chi connectivity index (χ2v) is 5.46. The topological polar surface area (TPSA) is 24.9 Å². The smallest absolute Gasteiger partial charge is 0.0484 e. The van der Waals surface area contributed by atoms with E-state index in [9.17, 15) is 0 Å². The van der Waals surface area contributed by atoms with Gasteiger partial charge in [0.05, 0.1) is 0 Å². The molecule has 0 saturated heterocycles. The first-order valence-corrected chi connectivity index (χ1v) is 7.15. The number of aromatic nitrogens is 1. The molecule has 0 bridgehead atoms. The molecule has 17 heavy (non-hydrogen) atoms. The molecule has 88 valence electrons. The van der Waals surface area contributed by atoms with Crippen LogP contribution >= 0.6 is 27.7 Å². The lowest BCUT2D eigenvalue weighted by molar-refractivity contribution is 1.21. The van der Waals surface area contributed by atoms with Crippen LogP contribution < -0.4 is 5.32 Å². The van der Waals surface area contributed by atoms with E-state index in [1.165, 1.54) is 4.90 Å². The highest BCUT2D eigenvalue weighted by atomic mass is 79.9. The molecule has 2 nitrogen and oxygen atoms in total. The van der Waals surface area contributed by atoms with Gasteiger partial charge in [0.2, 0.25) is 0 Å². The fourth-order valence-corrected chi connectivity index (χ4v) is 2.57. The maximum absolute atomic E-state index is 4.00. The van der Waals surface area contributed by atoms with Crippen LogP contribution in [-0.4, -0.2) is 17.3 Å². The second-order valence-electron chi connectivity index (χ2n) is 3.44. The summed E-state index contributed by atoms with van der Waals surface area (Å²) < 4.78 is 1.11. The third kappa shape index (κ3) is 4.06. The molecule has 1 aromatic heterocycles. The molecule has 1 N–H and O–H groups in total. The van der Waals surface area contributed by atoms with Gasteiger partial charge in [0.25, 0.3) is 0 Å². The van der Waals surface area contributed by atoms with Crippen LogP contribution in [0.3, 0.4) is 0 Å². The van der Waals surface area contributed by atoms with Crippen LogP contribution in [0, 0.1) is 0 Å². The highest BCUT2D eigenvalue weighted by Gasteiger charge is 1.97. The predicted molar refractivity (Wildman–Crippen MR) is 77.6 cm³/mol. The molecule has 4 heteroatoms.